The van der Waals surface area contributed by atoms with Crippen molar-refractivity contribution in [2.75, 3.05) is 25.1 Å². The number of rotatable bonds is 4. The van der Waals surface area contributed by atoms with E-state index < -0.39 is 5.97 Å². The zero-order valence-electron chi connectivity index (χ0n) is 15.1. The molecule has 138 valence electrons. The predicted octanol–water partition coefficient (Wildman–Crippen LogP) is 3.63. The van der Waals surface area contributed by atoms with Gasteiger partial charge in [0.05, 0.1) is 12.3 Å². The SMILES string of the molecule is CCOC(=O)c1cnc2nc(C)ccc2c1Nc1ccc2c(c1)OCCO2. The van der Waals surface area contributed by atoms with Crippen LogP contribution in [0.25, 0.3) is 11.0 Å². The number of fused-ring (bicyclic) bond motifs is 2. The molecule has 0 aliphatic carbocycles. The van der Waals surface area contributed by atoms with Gasteiger partial charge in [0.25, 0.3) is 0 Å². The van der Waals surface area contributed by atoms with Gasteiger partial charge < -0.3 is 19.5 Å². The fraction of sp³-hybridized carbons (Fsp3) is 0.250. The van der Waals surface area contributed by atoms with Gasteiger partial charge in [-0.3, -0.25) is 0 Å². The predicted molar refractivity (Wildman–Crippen MR) is 101 cm³/mol. The molecule has 2 aromatic heterocycles. The van der Waals surface area contributed by atoms with Crippen LogP contribution in [0.1, 0.15) is 23.0 Å². The van der Waals surface area contributed by atoms with E-state index in [4.69, 9.17) is 14.2 Å². The molecule has 3 aromatic rings. The van der Waals surface area contributed by atoms with Crippen molar-refractivity contribution in [1.29, 1.82) is 0 Å². The maximum Gasteiger partial charge on any atom is 0.341 e. The van der Waals surface area contributed by atoms with Gasteiger partial charge in [-0.25, -0.2) is 14.8 Å². The topological polar surface area (TPSA) is 82.6 Å². The fourth-order valence-corrected chi connectivity index (χ4v) is 2.94. The average molecular weight is 365 g/mol. The molecule has 0 bridgehead atoms. The molecule has 0 spiro atoms. The maximum absolute atomic E-state index is 12.4. The van der Waals surface area contributed by atoms with Crippen molar-refractivity contribution < 1.29 is 19.0 Å². The van der Waals surface area contributed by atoms with Crippen molar-refractivity contribution in [2.24, 2.45) is 0 Å². The van der Waals surface area contributed by atoms with Crippen LogP contribution in [0.15, 0.2) is 36.5 Å². The van der Waals surface area contributed by atoms with E-state index in [0.717, 1.165) is 16.8 Å². The van der Waals surface area contributed by atoms with Crippen molar-refractivity contribution in [1.82, 2.24) is 9.97 Å². The number of aromatic nitrogens is 2. The highest BCUT2D eigenvalue weighted by atomic mass is 16.6. The molecule has 0 saturated carbocycles. The van der Waals surface area contributed by atoms with Gasteiger partial charge in [-0.15, -0.1) is 0 Å². The van der Waals surface area contributed by atoms with Crippen LogP contribution < -0.4 is 14.8 Å². The van der Waals surface area contributed by atoms with Gasteiger partial charge in [0.2, 0.25) is 0 Å². The summed E-state index contributed by atoms with van der Waals surface area (Å²) in [4.78, 5) is 21.2. The van der Waals surface area contributed by atoms with Crippen LogP contribution >= 0.6 is 0 Å². The number of benzene rings is 1. The van der Waals surface area contributed by atoms with E-state index in [9.17, 15) is 4.79 Å². The molecule has 3 heterocycles. The van der Waals surface area contributed by atoms with Gasteiger partial charge in [0.15, 0.2) is 17.1 Å². The molecule has 0 atom stereocenters. The van der Waals surface area contributed by atoms with E-state index in [1.165, 1.54) is 6.20 Å². The van der Waals surface area contributed by atoms with E-state index in [2.05, 4.69) is 15.3 Å². The molecule has 0 unspecified atom stereocenters. The molecule has 0 amide bonds. The molecular weight excluding hydrogens is 346 g/mol. The Balaban J connectivity index is 1.80. The normalized spacial score (nSPS) is 12.7. The summed E-state index contributed by atoms with van der Waals surface area (Å²) in [7, 11) is 0. The second-order valence-electron chi connectivity index (χ2n) is 6.07. The lowest BCUT2D eigenvalue weighted by atomic mass is 10.1. The minimum Gasteiger partial charge on any atom is -0.486 e. The third-order valence-electron chi connectivity index (χ3n) is 4.18. The molecule has 0 radical (unpaired) electrons. The molecule has 1 aliphatic heterocycles. The minimum absolute atomic E-state index is 0.284. The highest BCUT2D eigenvalue weighted by Gasteiger charge is 2.19. The van der Waals surface area contributed by atoms with Gasteiger partial charge >= 0.3 is 5.97 Å². The number of nitrogens with zero attached hydrogens (tertiary/aromatic N) is 2. The van der Waals surface area contributed by atoms with Crippen LogP contribution in [-0.2, 0) is 4.74 Å². The number of carbonyl (C=O) groups is 1. The fourth-order valence-electron chi connectivity index (χ4n) is 2.94. The Kier molecular flexibility index (Phi) is 4.50. The average Bonchev–Trinajstić information content (AvgIpc) is 2.68. The minimum atomic E-state index is -0.437. The molecule has 4 rings (SSSR count). The summed E-state index contributed by atoms with van der Waals surface area (Å²) in [5.74, 6) is 0.929. The molecule has 0 fully saturated rings. The first-order valence-electron chi connectivity index (χ1n) is 8.76. The van der Waals surface area contributed by atoms with Crippen molar-refractivity contribution in [2.45, 2.75) is 13.8 Å². The molecule has 27 heavy (non-hydrogen) atoms. The Morgan fingerprint density at radius 2 is 2.00 bits per heavy atom. The van der Waals surface area contributed by atoms with Gasteiger partial charge in [-0.05, 0) is 38.1 Å². The number of nitrogens with one attached hydrogen (secondary N) is 1. The monoisotopic (exact) mass is 365 g/mol. The standard InChI is InChI=1S/C20H19N3O4/c1-3-25-20(24)15-11-21-19-14(6-4-12(2)22-19)18(15)23-13-5-7-16-17(10-13)27-9-8-26-16/h4-7,10-11H,3,8-9H2,1-2H3,(H,21,22,23). The molecule has 0 saturated heterocycles. The van der Waals surface area contributed by atoms with Crippen LogP contribution in [-0.4, -0.2) is 35.8 Å². The number of hydrogen-bond acceptors (Lipinski definition) is 7. The largest absolute Gasteiger partial charge is 0.486 e. The van der Waals surface area contributed by atoms with Crippen molar-refractivity contribution >= 4 is 28.4 Å². The summed E-state index contributed by atoms with van der Waals surface area (Å²) in [6.45, 7) is 4.99. The highest BCUT2D eigenvalue weighted by Crippen LogP contribution is 2.35. The number of ether oxygens (including phenoxy) is 3. The smallest absolute Gasteiger partial charge is 0.341 e. The number of pyridine rings is 2. The van der Waals surface area contributed by atoms with Crippen molar-refractivity contribution in [3.8, 4) is 11.5 Å². The Labute approximate surface area is 156 Å². The first kappa shape index (κ1) is 17.1. The summed E-state index contributed by atoms with van der Waals surface area (Å²) in [6.07, 6.45) is 1.49. The Morgan fingerprint density at radius 1 is 1.19 bits per heavy atom. The molecule has 7 nitrogen and oxygen atoms in total. The molecular formula is C20H19N3O4. The zero-order valence-corrected chi connectivity index (χ0v) is 15.1. The zero-order chi connectivity index (χ0) is 18.8. The molecule has 1 aliphatic rings. The summed E-state index contributed by atoms with van der Waals surface area (Å²) in [6, 6.07) is 9.34. The second kappa shape index (κ2) is 7.11. The first-order valence-corrected chi connectivity index (χ1v) is 8.76. The number of aryl methyl sites for hydroxylation is 1. The number of hydrogen-bond donors (Lipinski definition) is 1. The summed E-state index contributed by atoms with van der Waals surface area (Å²) in [5.41, 5.74) is 3.12. The lowest BCUT2D eigenvalue weighted by Crippen LogP contribution is -2.15. The van der Waals surface area contributed by atoms with Gasteiger partial charge in [-0.1, -0.05) is 0 Å². The molecule has 1 N–H and O–H groups in total. The van der Waals surface area contributed by atoms with E-state index in [1.807, 2.05) is 37.3 Å². The lowest BCUT2D eigenvalue weighted by Gasteiger charge is -2.20. The van der Waals surface area contributed by atoms with Gasteiger partial charge in [0, 0.05) is 29.0 Å². The lowest BCUT2D eigenvalue weighted by molar-refractivity contribution is 0.0527. The number of anilines is 2. The summed E-state index contributed by atoms with van der Waals surface area (Å²) >= 11 is 0. The Bertz CT molecular complexity index is 1020. The summed E-state index contributed by atoms with van der Waals surface area (Å²) < 4.78 is 16.4. The van der Waals surface area contributed by atoms with Crippen molar-refractivity contribution in [3.05, 3.63) is 47.8 Å². The third-order valence-corrected chi connectivity index (χ3v) is 4.18. The quantitative estimate of drug-likeness (QED) is 0.707. The van der Waals surface area contributed by atoms with Crippen LogP contribution in [0, 0.1) is 6.92 Å². The molecule has 1 aromatic carbocycles. The highest BCUT2D eigenvalue weighted by molar-refractivity contribution is 6.05. The molecule has 7 heteroatoms. The van der Waals surface area contributed by atoms with Crippen LogP contribution in [0.2, 0.25) is 0 Å². The van der Waals surface area contributed by atoms with E-state index in [-0.39, 0.29) is 6.61 Å². The first-order chi connectivity index (χ1) is 13.2. The van der Waals surface area contributed by atoms with Crippen LogP contribution in [0.4, 0.5) is 11.4 Å². The van der Waals surface area contributed by atoms with Crippen LogP contribution in [0.5, 0.6) is 11.5 Å². The van der Waals surface area contributed by atoms with Crippen molar-refractivity contribution in [3.63, 3.8) is 0 Å². The van der Waals surface area contributed by atoms with E-state index >= 15 is 0 Å². The Morgan fingerprint density at radius 3 is 2.81 bits per heavy atom. The maximum atomic E-state index is 12.4. The number of carbonyl (C=O) groups excluding carboxylic acids is 1. The van der Waals surface area contributed by atoms with Gasteiger partial charge in [-0.2, -0.15) is 0 Å². The van der Waals surface area contributed by atoms with E-state index in [1.54, 1.807) is 6.92 Å². The van der Waals surface area contributed by atoms with Gasteiger partial charge in [0.1, 0.15) is 18.8 Å². The second-order valence-corrected chi connectivity index (χ2v) is 6.07. The van der Waals surface area contributed by atoms with Crippen LogP contribution in [0.3, 0.4) is 0 Å². The Hall–Kier alpha value is -3.35. The number of esters is 1. The van der Waals surface area contributed by atoms with E-state index in [0.29, 0.717) is 41.6 Å². The summed E-state index contributed by atoms with van der Waals surface area (Å²) in [5, 5.41) is 4.05. The third kappa shape index (κ3) is 3.36.